The number of aliphatic hydroxyl groups is 1. The maximum atomic E-state index is 11.0. The number of aliphatic hydroxyl groups excluding tert-OH is 1. The first-order chi connectivity index (χ1) is 8.99. The Labute approximate surface area is 111 Å². The Morgan fingerprint density at radius 2 is 2.32 bits per heavy atom. The predicted molar refractivity (Wildman–Crippen MR) is 69.6 cm³/mol. The van der Waals surface area contributed by atoms with Crippen LogP contribution in [0.3, 0.4) is 0 Å². The minimum Gasteiger partial charge on any atom is -0.396 e. The summed E-state index contributed by atoms with van der Waals surface area (Å²) >= 11 is 0. The van der Waals surface area contributed by atoms with Gasteiger partial charge in [0.15, 0.2) is 0 Å². The van der Waals surface area contributed by atoms with Gasteiger partial charge in [-0.05, 0) is 12.3 Å². The molecule has 1 aromatic rings. The molecule has 0 aromatic carbocycles. The summed E-state index contributed by atoms with van der Waals surface area (Å²) in [5, 5.41) is 31.6. The van der Waals surface area contributed by atoms with Crippen LogP contribution >= 0.6 is 0 Å². The molecule has 1 atom stereocenters. The van der Waals surface area contributed by atoms with Crippen molar-refractivity contribution in [2.24, 2.45) is 5.92 Å². The molecule has 0 fully saturated rings. The highest BCUT2D eigenvalue weighted by atomic mass is 16.6. The number of nitrogens with one attached hydrogen (secondary N) is 1. The van der Waals surface area contributed by atoms with Crippen LogP contribution in [0.5, 0.6) is 0 Å². The van der Waals surface area contributed by atoms with Crippen LogP contribution < -0.4 is 5.32 Å². The average Bonchev–Trinajstić information content (AvgIpc) is 2.38. The molecule has 0 aliphatic carbocycles. The van der Waals surface area contributed by atoms with Crippen molar-refractivity contribution in [2.75, 3.05) is 11.9 Å². The number of nitro groups is 1. The zero-order valence-electron chi connectivity index (χ0n) is 10.8. The van der Waals surface area contributed by atoms with E-state index >= 15 is 0 Å². The fraction of sp³-hybridized carbons (Fsp3) is 0.500. The highest BCUT2D eigenvalue weighted by molar-refractivity contribution is 5.58. The second-order valence-corrected chi connectivity index (χ2v) is 4.47. The Hall–Kier alpha value is -2.20. The molecule has 1 rings (SSSR count). The molecule has 1 unspecified atom stereocenters. The molecule has 0 saturated carbocycles. The van der Waals surface area contributed by atoms with Crippen molar-refractivity contribution >= 4 is 11.5 Å². The maximum absolute atomic E-state index is 11.0. The quantitative estimate of drug-likeness (QED) is 0.597. The third-order valence-electron chi connectivity index (χ3n) is 2.76. The molecule has 0 amide bonds. The second-order valence-electron chi connectivity index (χ2n) is 4.47. The molecular weight excluding hydrogens is 248 g/mol. The summed E-state index contributed by atoms with van der Waals surface area (Å²) in [4.78, 5) is 14.3. The molecule has 0 saturated heterocycles. The van der Waals surface area contributed by atoms with Gasteiger partial charge in [0.1, 0.15) is 6.07 Å². The van der Waals surface area contributed by atoms with E-state index in [1.165, 1.54) is 12.3 Å². The Morgan fingerprint density at radius 1 is 1.63 bits per heavy atom. The van der Waals surface area contributed by atoms with Gasteiger partial charge in [-0.3, -0.25) is 10.1 Å². The van der Waals surface area contributed by atoms with E-state index in [-0.39, 0.29) is 35.6 Å². The van der Waals surface area contributed by atoms with Gasteiger partial charge >= 0.3 is 5.69 Å². The summed E-state index contributed by atoms with van der Waals surface area (Å²) in [6.45, 7) is 3.88. The van der Waals surface area contributed by atoms with Crippen LogP contribution in [0.15, 0.2) is 12.3 Å². The summed E-state index contributed by atoms with van der Waals surface area (Å²) in [6, 6.07) is 2.88. The molecule has 7 nitrogen and oxygen atoms in total. The van der Waals surface area contributed by atoms with Crippen LogP contribution in [0.25, 0.3) is 0 Å². The van der Waals surface area contributed by atoms with Gasteiger partial charge in [0.25, 0.3) is 0 Å². The van der Waals surface area contributed by atoms with Gasteiger partial charge < -0.3 is 10.4 Å². The zero-order valence-corrected chi connectivity index (χ0v) is 10.8. The lowest BCUT2D eigenvalue weighted by molar-refractivity contribution is -0.384. The smallest absolute Gasteiger partial charge is 0.312 e. The highest BCUT2D eigenvalue weighted by Crippen LogP contribution is 2.25. The van der Waals surface area contributed by atoms with Crippen LogP contribution in [-0.4, -0.2) is 27.7 Å². The first kappa shape index (κ1) is 14.9. The predicted octanol–water partition coefficient (Wildman–Crippen LogP) is 1.68. The third kappa shape index (κ3) is 3.89. The van der Waals surface area contributed by atoms with E-state index in [1.807, 2.05) is 19.9 Å². The molecule has 0 aliphatic rings. The number of hydrogen-bond acceptors (Lipinski definition) is 6. The molecule has 0 bridgehead atoms. The first-order valence-electron chi connectivity index (χ1n) is 5.91. The lowest BCUT2D eigenvalue weighted by Crippen LogP contribution is -2.27. The topological polar surface area (TPSA) is 112 Å². The Balaban J connectivity index is 3.06. The zero-order chi connectivity index (χ0) is 14.4. The van der Waals surface area contributed by atoms with Crippen molar-refractivity contribution in [2.45, 2.75) is 26.3 Å². The average molecular weight is 264 g/mol. The number of pyridine rings is 1. The van der Waals surface area contributed by atoms with Crippen LogP contribution in [0.2, 0.25) is 0 Å². The monoisotopic (exact) mass is 264 g/mol. The fourth-order valence-corrected chi connectivity index (χ4v) is 1.65. The van der Waals surface area contributed by atoms with Crippen molar-refractivity contribution in [3.05, 3.63) is 27.9 Å². The van der Waals surface area contributed by atoms with Gasteiger partial charge in [-0.25, -0.2) is 4.98 Å². The molecule has 0 aliphatic heterocycles. The van der Waals surface area contributed by atoms with E-state index in [4.69, 9.17) is 10.4 Å². The summed E-state index contributed by atoms with van der Waals surface area (Å²) in [5.74, 6) is 0.306. The Bertz CT molecular complexity index is 496. The lowest BCUT2D eigenvalue weighted by Gasteiger charge is -2.21. The van der Waals surface area contributed by atoms with Crippen LogP contribution in [0.4, 0.5) is 11.5 Å². The molecule has 0 spiro atoms. The Morgan fingerprint density at radius 3 is 2.79 bits per heavy atom. The molecular formula is C12H16N4O3. The number of hydrogen-bond donors (Lipinski definition) is 2. The van der Waals surface area contributed by atoms with Crippen LogP contribution in [0, 0.1) is 27.4 Å². The minimum absolute atomic E-state index is 0.0140. The number of aromatic nitrogens is 1. The van der Waals surface area contributed by atoms with Crippen molar-refractivity contribution in [1.29, 1.82) is 5.26 Å². The number of nitrogens with zero attached hydrogens (tertiary/aromatic N) is 3. The summed E-state index contributed by atoms with van der Waals surface area (Å²) < 4.78 is 0. The van der Waals surface area contributed by atoms with Crippen molar-refractivity contribution in [1.82, 2.24) is 4.98 Å². The van der Waals surface area contributed by atoms with E-state index in [9.17, 15) is 10.1 Å². The fourth-order valence-electron chi connectivity index (χ4n) is 1.65. The number of anilines is 1. The molecule has 19 heavy (non-hydrogen) atoms. The standard InChI is InChI=1S/C12H16N4O3/c1-8(2)10(3-4-17)15-12-11(16(18)19)5-9(6-13)7-14-12/h5,7-8,10,17H,3-4H2,1-2H3,(H,14,15). The van der Waals surface area contributed by atoms with Crippen LogP contribution in [0.1, 0.15) is 25.8 Å². The highest BCUT2D eigenvalue weighted by Gasteiger charge is 2.21. The summed E-state index contributed by atoms with van der Waals surface area (Å²) in [7, 11) is 0. The van der Waals surface area contributed by atoms with Gasteiger partial charge in [-0.2, -0.15) is 5.26 Å². The van der Waals surface area contributed by atoms with Crippen molar-refractivity contribution < 1.29 is 10.0 Å². The number of nitriles is 1. The van der Waals surface area contributed by atoms with Crippen LogP contribution in [-0.2, 0) is 0 Å². The van der Waals surface area contributed by atoms with Gasteiger partial charge in [0.05, 0.1) is 10.5 Å². The van der Waals surface area contributed by atoms with Gasteiger partial charge in [-0.15, -0.1) is 0 Å². The van der Waals surface area contributed by atoms with E-state index in [0.29, 0.717) is 6.42 Å². The van der Waals surface area contributed by atoms with Gasteiger partial charge in [-0.1, -0.05) is 13.8 Å². The molecule has 1 aromatic heterocycles. The SMILES string of the molecule is CC(C)C(CCO)Nc1ncc(C#N)cc1[N+](=O)[O-]. The van der Waals surface area contributed by atoms with Gasteiger partial charge in [0.2, 0.25) is 5.82 Å². The maximum Gasteiger partial charge on any atom is 0.312 e. The number of rotatable bonds is 6. The Kier molecular flexibility index (Phi) is 5.21. The van der Waals surface area contributed by atoms with Crippen molar-refractivity contribution in [3.8, 4) is 6.07 Å². The second kappa shape index (κ2) is 6.66. The normalized spacial score (nSPS) is 11.9. The van der Waals surface area contributed by atoms with E-state index in [0.717, 1.165) is 0 Å². The summed E-state index contributed by atoms with van der Waals surface area (Å²) in [5.41, 5.74) is -0.0943. The van der Waals surface area contributed by atoms with Gasteiger partial charge in [0, 0.05) is 24.9 Å². The van der Waals surface area contributed by atoms with E-state index in [1.54, 1.807) is 0 Å². The lowest BCUT2D eigenvalue weighted by atomic mass is 10.0. The summed E-state index contributed by atoms with van der Waals surface area (Å²) in [6.07, 6.45) is 1.75. The molecule has 2 N–H and O–H groups in total. The largest absolute Gasteiger partial charge is 0.396 e. The molecule has 1 heterocycles. The van der Waals surface area contributed by atoms with E-state index in [2.05, 4.69) is 10.3 Å². The van der Waals surface area contributed by atoms with E-state index < -0.39 is 4.92 Å². The molecule has 7 heteroatoms. The molecule has 102 valence electrons. The minimum atomic E-state index is -0.577. The third-order valence-corrected chi connectivity index (χ3v) is 2.76. The van der Waals surface area contributed by atoms with Crippen molar-refractivity contribution in [3.63, 3.8) is 0 Å². The first-order valence-corrected chi connectivity index (χ1v) is 5.91. The molecule has 0 radical (unpaired) electrons.